The molecule has 5 rings (SSSR count). The van der Waals surface area contributed by atoms with Crippen LogP contribution in [0.5, 0.6) is 0 Å². The zero-order chi connectivity index (χ0) is 30.5. The molecular formula is C32H47N5O3Si2. The Bertz CT molecular complexity index is 1560. The van der Waals surface area contributed by atoms with Gasteiger partial charge in [0.2, 0.25) is 0 Å². The normalized spacial score (nSPS) is 20.5. The molecule has 1 N–H and O–H groups in total. The van der Waals surface area contributed by atoms with Crippen LogP contribution in [0.4, 0.5) is 11.5 Å². The van der Waals surface area contributed by atoms with Gasteiger partial charge in [-0.2, -0.15) is 0 Å². The van der Waals surface area contributed by atoms with Crippen molar-refractivity contribution in [3.63, 3.8) is 0 Å². The molecule has 4 aromatic rings. The number of rotatable bonds is 8. The van der Waals surface area contributed by atoms with E-state index in [-0.39, 0.29) is 28.5 Å². The maximum absolute atomic E-state index is 6.98. The van der Waals surface area contributed by atoms with Crippen LogP contribution in [0.2, 0.25) is 36.3 Å². The molecule has 0 saturated carbocycles. The highest BCUT2D eigenvalue weighted by Crippen LogP contribution is 2.43. The van der Waals surface area contributed by atoms with Gasteiger partial charge >= 0.3 is 0 Å². The van der Waals surface area contributed by atoms with Crippen molar-refractivity contribution >= 4 is 50.1 Å². The molecule has 0 aliphatic carbocycles. The van der Waals surface area contributed by atoms with E-state index in [2.05, 4.69) is 113 Å². The number of anilines is 2. The predicted molar refractivity (Wildman–Crippen MR) is 176 cm³/mol. The molecule has 0 radical (unpaired) electrons. The van der Waals surface area contributed by atoms with E-state index in [1.165, 1.54) is 5.39 Å². The summed E-state index contributed by atoms with van der Waals surface area (Å²) in [5.41, 5.74) is 2.39. The molecule has 0 amide bonds. The average Bonchev–Trinajstić information content (AvgIpc) is 3.50. The van der Waals surface area contributed by atoms with Crippen LogP contribution < -0.4 is 5.32 Å². The second-order valence-corrected chi connectivity index (χ2v) is 24.2. The zero-order valence-electron chi connectivity index (χ0n) is 26.9. The number of imidazole rings is 1. The minimum atomic E-state index is -2.05. The van der Waals surface area contributed by atoms with E-state index < -0.39 is 16.6 Å². The number of nitrogens with one attached hydrogen (secondary N) is 1. The Morgan fingerprint density at radius 1 is 0.905 bits per heavy atom. The van der Waals surface area contributed by atoms with Crippen LogP contribution in [0, 0.1) is 0 Å². The quantitative estimate of drug-likeness (QED) is 0.202. The fourth-order valence-electron chi connectivity index (χ4n) is 4.77. The zero-order valence-corrected chi connectivity index (χ0v) is 28.9. The van der Waals surface area contributed by atoms with Crippen LogP contribution in [0.15, 0.2) is 55.1 Å². The lowest BCUT2D eigenvalue weighted by atomic mass is 10.1. The second kappa shape index (κ2) is 11.1. The molecule has 0 spiro atoms. The van der Waals surface area contributed by atoms with Crippen LogP contribution in [0.1, 0.15) is 54.2 Å². The Balaban J connectivity index is 1.41. The number of nitrogens with zero attached hydrogens (tertiary/aromatic N) is 4. The monoisotopic (exact) mass is 605 g/mol. The molecular weight excluding hydrogens is 559 g/mol. The highest BCUT2D eigenvalue weighted by molar-refractivity contribution is 6.74. The lowest BCUT2D eigenvalue weighted by Gasteiger charge is -2.40. The van der Waals surface area contributed by atoms with E-state index in [0.717, 1.165) is 16.7 Å². The van der Waals surface area contributed by atoms with Crippen molar-refractivity contribution < 1.29 is 13.6 Å². The third kappa shape index (κ3) is 6.19. The highest BCUT2D eigenvalue weighted by atomic mass is 28.4. The smallest absolute Gasteiger partial charge is 0.192 e. The van der Waals surface area contributed by atoms with Gasteiger partial charge in [-0.1, -0.05) is 71.9 Å². The molecule has 8 nitrogen and oxygen atoms in total. The minimum Gasteiger partial charge on any atom is -0.414 e. The van der Waals surface area contributed by atoms with Crippen molar-refractivity contribution in [1.82, 2.24) is 19.5 Å². The maximum atomic E-state index is 6.98. The van der Waals surface area contributed by atoms with E-state index in [1.807, 2.05) is 23.0 Å². The number of aromatic nitrogens is 4. The Labute approximate surface area is 252 Å². The van der Waals surface area contributed by atoms with E-state index in [4.69, 9.17) is 18.6 Å². The standard InChI is InChI=1S/C32H47N5O3Si2/c1-31(2,3)41(7,8)38-19-26-25(40-42(9,10)32(4,5)6)18-27(39-26)37-21-35-28-29(33-20-34-30(28)37)36-24-16-15-22-13-11-12-14-23(22)17-24/h11-17,20-21,25-27H,18-19H2,1-10H3,(H,33,34,36). The van der Waals surface area contributed by atoms with Crippen LogP contribution in [-0.2, 0) is 13.6 Å². The molecule has 3 atom stereocenters. The number of hydrogen-bond acceptors (Lipinski definition) is 7. The van der Waals surface area contributed by atoms with Crippen molar-refractivity contribution in [2.75, 3.05) is 11.9 Å². The van der Waals surface area contributed by atoms with E-state index in [1.54, 1.807) is 6.33 Å². The lowest BCUT2D eigenvalue weighted by molar-refractivity contribution is -0.0383. The number of ether oxygens (including phenoxy) is 1. The predicted octanol–water partition coefficient (Wildman–Crippen LogP) is 8.42. The van der Waals surface area contributed by atoms with Crippen molar-refractivity contribution in [1.29, 1.82) is 0 Å². The molecule has 2 aromatic carbocycles. The molecule has 2 aromatic heterocycles. The van der Waals surface area contributed by atoms with Crippen LogP contribution in [0.25, 0.3) is 21.9 Å². The van der Waals surface area contributed by atoms with Crippen molar-refractivity contribution in [2.24, 2.45) is 0 Å². The Kier molecular flexibility index (Phi) is 8.17. The first-order valence-corrected chi connectivity index (χ1v) is 20.8. The first-order valence-electron chi connectivity index (χ1n) is 15.0. The third-order valence-electron chi connectivity index (χ3n) is 9.53. The van der Waals surface area contributed by atoms with E-state index in [9.17, 15) is 0 Å². The molecule has 42 heavy (non-hydrogen) atoms. The minimum absolute atomic E-state index is 0.0739. The maximum Gasteiger partial charge on any atom is 0.192 e. The molecule has 226 valence electrons. The summed E-state index contributed by atoms with van der Waals surface area (Å²) in [6.07, 6.45) is 3.60. The topological polar surface area (TPSA) is 83.3 Å². The highest BCUT2D eigenvalue weighted by Gasteiger charge is 2.46. The van der Waals surface area contributed by atoms with Gasteiger partial charge in [-0.25, -0.2) is 15.0 Å². The summed E-state index contributed by atoms with van der Waals surface area (Å²) < 4.78 is 22.4. The summed E-state index contributed by atoms with van der Waals surface area (Å²) in [7, 11) is -4.01. The molecule has 1 aliphatic heterocycles. The Morgan fingerprint density at radius 3 is 2.29 bits per heavy atom. The van der Waals surface area contributed by atoms with Gasteiger partial charge in [0, 0.05) is 12.1 Å². The van der Waals surface area contributed by atoms with Crippen molar-refractivity contribution in [3.8, 4) is 0 Å². The molecule has 1 aliphatic rings. The number of benzene rings is 2. The largest absolute Gasteiger partial charge is 0.414 e. The fourth-order valence-corrected chi connectivity index (χ4v) is 7.14. The van der Waals surface area contributed by atoms with Gasteiger partial charge in [0.15, 0.2) is 33.6 Å². The van der Waals surface area contributed by atoms with E-state index >= 15 is 0 Å². The summed E-state index contributed by atoms with van der Waals surface area (Å²) in [5, 5.41) is 6.02. The molecule has 3 unspecified atom stereocenters. The summed E-state index contributed by atoms with van der Waals surface area (Å²) in [4.78, 5) is 13.9. The van der Waals surface area contributed by atoms with Gasteiger partial charge in [0.25, 0.3) is 0 Å². The van der Waals surface area contributed by atoms with Gasteiger partial charge in [-0.05, 0) is 59.2 Å². The molecule has 3 heterocycles. The van der Waals surface area contributed by atoms with Crippen molar-refractivity contribution in [3.05, 3.63) is 55.1 Å². The van der Waals surface area contributed by atoms with Gasteiger partial charge in [-0.15, -0.1) is 0 Å². The number of hydrogen-bond donors (Lipinski definition) is 1. The molecule has 1 fully saturated rings. The van der Waals surface area contributed by atoms with Crippen molar-refractivity contribution in [2.45, 2.75) is 103 Å². The third-order valence-corrected chi connectivity index (χ3v) is 18.5. The Morgan fingerprint density at radius 2 is 1.60 bits per heavy atom. The first kappa shape index (κ1) is 30.8. The first-order chi connectivity index (χ1) is 19.6. The fraction of sp³-hybridized carbons (Fsp3) is 0.531. The van der Waals surface area contributed by atoms with Crippen LogP contribution >= 0.6 is 0 Å². The van der Waals surface area contributed by atoms with Gasteiger partial charge < -0.3 is 18.9 Å². The summed E-state index contributed by atoms with van der Waals surface area (Å²) in [6.45, 7) is 23.3. The molecule has 10 heteroatoms. The molecule has 0 bridgehead atoms. The van der Waals surface area contributed by atoms with Crippen LogP contribution in [0.3, 0.4) is 0 Å². The summed E-state index contributed by atoms with van der Waals surface area (Å²) in [6, 6.07) is 14.6. The van der Waals surface area contributed by atoms with Crippen LogP contribution in [-0.4, -0.2) is 55.0 Å². The Hall–Kier alpha value is -2.64. The van der Waals surface area contributed by atoms with Gasteiger partial charge in [-0.3, -0.25) is 4.57 Å². The average molecular weight is 606 g/mol. The SMILES string of the molecule is CC(C)(C)[Si](C)(C)OCC1OC(n2cnc3c(Nc4ccc5ccccc5c4)ncnc32)CC1O[Si](C)(C)C(C)(C)C. The summed E-state index contributed by atoms with van der Waals surface area (Å²) >= 11 is 0. The lowest BCUT2D eigenvalue weighted by Crippen LogP contribution is -2.48. The molecule has 1 saturated heterocycles. The summed E-state index contributed by atoms with van der Waals surface area (Å²) in [5.74, 6) is 0.666. The van der Waals surface area contributed by atoms with E-state index in [0.29, 0.717) is 24.4 Å². The second-order valence-electron chi connectivity index (χ2n) is 14.6. The van der Waals surface area contributed by atoms with Gasteiger partial charge in [0.1, 0.15) is 18.7 Å². The van der Waals surface area contributed by atoms with Gasteiger partial charge in [0.05, 0.1) is 19.0 Å². The number of fused-ring (bicyclic) bond motifs is 2.